The van der Waals surface area contributed by atoms with Crippen molar-refractivity contribution in [3.63, 3.8) is 0 Å². The van der Waals surface area contributed by atoms with Crippen molar-refractivity contribution < 1.29 is 13.2 Å². The van der Waals surface area contributed by atoms with Gasteiger partial charge in [0, 0.05) is 0 Å². The van der Waals surface area contributed by atoms with Crippen LogP contribution in [0.1, 0.15) is 44.1 Å². The highest BCUT2D eigenvalue weighted by Crippen LogP contribution is 2.60. The lowest BCUT2D eigenvalue weighted by molar-refractivity contribution is -0.116. The zero-order valence-electron chi connectivity index (χ0n) is 14.6. The molecule has 4 bridgehead atoms. The van der Waals surface area contributed by atoms with Gasteiger partial charge in [-0.05, 0) is 79.4 Å². The minimum Gasteiger partial charge on any atom is -0.368 e. The molecule has 0 aliphatic heterocycles. The number of hydrogen-bond donors (Lipinski definition) is 1. The van der Waals surface area contributed by atoms with E-state index in [4.69, 9.17) is 5.73 Å². The summed E-state index contributed by atoms with van der Waals surface area (Å²) in [6.07, 6.45) is 9.12. The number of sulfonamides is 1. The zero-order valence-corrected chi connectivity index (χ0v) is 15.5. The number of carbonyl (C=O) groups is 1. The van der Waals surface area contributed by atoms with E-state index >= 15 is 0 Å². The summed E-state index contributed by atoms with van der Waals surface area (Å²) in [7, 11) is -3.54. The Kier molecular flexibility index (Phi) is 3.87. The first-order valence-electron chi connectivity index (χ1n) is 9.12. The Morgan fingerprint density at radius 3 is 1.96 bits per heavy atom. The minimum absolute atomic E-state index is 0.285. The van der Waals surface area contributed by atoms with Crippen molar-refractivity contribution in [3.8, 4) is 0 Å². The van der Waals surface area contributed by atoms with E-state index in [-0.39, 0.29) is 12.0 Å². The highest BCUT2D eigenvalue weighted by Gasteiger charge is 2.51. The second-order valence-electron chi connectivity index (χ2n) is 8.48. The molecule has 2 N–H and O–H groups in total. The van der Waals surface area contributed by atoms with E-state index in [0.717, 1.165) is 28.3 Å². The number of amides is 1. The van der Waals surface area contributed by atoms with Gasteiger partial charge in [0.2, 0.25) is 15.9 Å². The van der Waals surface area contributed by atoms with Crippen LogP contribution < -0.4 is 10.0 Å². The van der Waals surface area contributed by atoms with Gasteiger partial charge in [-0.25, -0.2) is 8.42 Å². The van der Waals surface area contributed by atoms with Gasteiger partial charge >= 0.3 is 0 Å². The molecule has 4 saturated carbocycles. The fourth-order valence-corrected chi connectivity index (χ4v) is 6.85. The normalized spacial score (nSPS) is 33.4. The summed E-state index contributed by atoms with van der Waals surface area (Å²) in [4.78, 5) is 11.2. The summed E-state index contributed by atoms with van der Waals surface area (Å²) in [6.45, 7) is -0.324. The molecule has 136 valence electrons. The van der Waals surface area contributed by atoms with Crippen LogP contribution in [0.4, 0.5) is 5.69 Å². The summed E-state index contributed by atoms with van der Waals surface area (Å²) < 4.78 is 25.1. The number of nitrogens with zero attached hydrogens (tertiary/aromatic N) is 1. The lowest BCUT2D eigenvalue weighted by Gasteiger charge is -2.57. The van der Waals surface area contributed by atoms with Crippen molar-refractivity contribution in [1.82, 2.24) is 0 Å². The third-order valence-electron chi connectivity index (χ3n) is 6.51. The Labute approximate surface area is 149 Å². The average molecular weight is 362 g/mol. The van der Waals surface area contributed by atoms with Crippen molar-refractivity contribution in [2.45, 2.75) is 43.9 Å². The van der Waals surface area contributed by atoms with E-state index in [0.29, 0.717) is 5.69 Å². The highest BCUT2D eigenvalue weighted by atomic mass is 32.2. The third-order valence-corrected chi connectivity index (χ3v) is 7.65. The number of primary amides is 1. The molecule has 0 heterocycles. The fourth-order valence-electron chi connectivity index (χ4n) is 5.99. The number of rotatable bonds is 5. The number of benzene rings is 1. The first-order chi connectivity index (χ1) is 11.7. The van der Waals surface area contributed by atoms with Crippen LogP contribution in [0, 0.1) is 17.8 Å². The monoisotopic (exact) mass is 362 g/mol. The molecule has 1 aromatic carbocycles. The Morgan fingerprint density at radius 2 is 1.56 bits per heavy atom. The van der Waals surface area contributed by atoms with Crippen molar-refractivity contribution in [2.24, 2.45) is 23.5 Å². The molecule has 0 unspecified atom stereocenters. The first kappa shape index (κ1) is 16.9. The maximum Gasteiger partial charge on any atom is 0.238 e. The molecule has 5 nitrogen and oxygen atoms in total. The topological polar surface area (TPSA) is 80.5 Å². The van der Waals surface area contributed by atoms with Crippen LogP contribution in [-0.4, -0.2) is 27.1 Å². The second kappa shape index (κ2) is 5.73. The maximum absolute atomic E-state index is 12.0. The zero-order chi connectivity index (χ0) is 17.8. The van der Waals surface area contributed by atoms with Gasteiger partial charge in [0.25, 0.3) is 0 Å². The molecular formula is C19H26N2O3S. The molecule has 0 radical (unpaired) electrons. The average Bonchev–Trinajstić information content (AvgIpc) is 2.50. The van der Waals surface area contributed by atoms with Gasteiger partial charge in [0.15, 0.2) is 0 Å². The SMILES string of the molecule is CS(=O)(=O)N(CC(N)=O)c1ccc(C23CC4CC(CC(C4)C2)C3)cc1. The molecule has 0 saturated heterocycles. The molecule has 4 aliphatic carbocycles. The summed E-state index contributed by atoms with van der Waals surface area (Å²) in [5, 5.41) is 0. The molecule has 5 rings (SSSR count). The minimum atomic E-state index is -3.54. The van der Waals surface area contributed by atoms with Gasteiger partial charge in [0.1, 0.15) is 6.54 Å². The Morgan fingerprint density at radius 1 is 1.08 bits per heavy atom. The van der Waals surface area contributed by atoms with Crippen molar-refractivity contribution >= 4 is 21.6 Å². The van der Waals surface area contributed by atoms with Crippen molar-refractivity contribution in [3.05, 3.63) is 29.8 Å². The second-order valence-corrected chi connectivity index (χ2v) is 10.4. The van der Waals surface area contributed by atoms with Crippen LogP contribution >= 0.6 is 0 Å². The molecule has 25 heavy (non-hydrogen) atoms. The Balaban J connectivity index is 1.63. The van der Waals surface area contributed by atoms with E-state index in [1.807, 2.05) is 12.1 Å². The van der Waals surface area contributed by atoms with Gasteiger partial charge in [-0.3, -0.25) is 9.10 Å². The summed E-state index contributed by atoms with van der Waals surface area (Å²) in [6, 6.07) is 7.80. The molecule has 0 spiro atoms. The van der Waals surface area contributed by atoms with E-state index < -0.39 is 15.9 Å². The molecule has 4 fully saturated rings. The quantitative estimate of drug-likeness (QED) is 0.873. The van der Waals surface area contributed by atoms with E-state index in [1.54, 1.807) is 0 Å². The lowest BCUT2D eigenvalue weighted by atomic mass is 9.48. The standard InChI is InChI=1S/C19H26N2O3S/c1-25(23,24)21(12-18(20)22)17-4-2-16(3-5-17)19-9-13-6-14(10-19)8-15(7-13)11-19/h2-5,13-15H,6-12H2,1H3,(H2,20,22). The molecule has 1 amide bonds. The molecule has 0 atom stereocenters. The number of anilines is 1. The number of nitrogens with two attached hydrogens (primary N) is 1. The highest BCUT2D eigenvalue weighted by molar-refractivity contribution is 7.92. The van der Waals surface area contributed by atoms with Crippen LogP contribution in [0.25, 0.3) is 0 Å². The van der Waals surface area contributed by atoms with Gasteiger partial charge in [0.05, 0.1) is 11.9 Å². The summed E-state index contributed by atoms with van der Waals surface area (Å²) in [5.74, 6) is 1.95. The Bertz CT molecular complexity index is 750. The van der Waals surface area contributed by atoms with Gasteiger partial charge in [-0.1, -0.05) is 12.1 Å². The van der Waals surface area contributed by atoms with Gasteiger partial charge in [-0.15, -0.1) is 0 Å². The largest absolute Gasteiger partial charge is 0.368 e. The number of hydrogen-bond acceptors (Lipinski definition) is 3. The van der Waals surface area contributed by atoms with Crippen LogP contribution in [0.3, 0.4) is 0 Å². The van der Waals surface area contributed by atoms with Crippen LogP contribution in [0.15, 0.2) is 24.3 Å². The van der Waals surface area contributed by atoms with Crippen LogP contribution in [-0.2, 0) is 20.2 Å². The van der Waals surface area contributed by atoms with Crippen molar-refractivity contribution in [1.29, 1.82) is 0 Å². The summed E-state index contributed by atoms with van der Waals surface area (Å²) >= 11 is 0. The third kappa shape index (κ3) is 3.05. The van der Waals surface area contributed by atoms with Crippen LogP contribution in [0.2, 0.25) is 0 Å². The van der Waals surface area contributed by atoms with Crippen LogP contribution in [0.5, 0.6) is 0 Å². The Hall–Kier alpha value is -1.56. The predicted octanol–water partition coefficient (Wildman–Crippen LogP) is 2.41. The van der Waals surface area contributed by atoms with Gasteiger partial charge < -0.3 is 5.73 Å². The predicted molar refractivity (Wildman–Crippen MR) is 97.7 cm³/mol. The maximum atomic E-state index is 12.0. The molecule has 1 aromatic rings. The summed E-state index contributed by atoms with van der Waals surface area (Å²) in [5.41, 5.74) is 7.34. The van der Waals surface area contributed by atoms with E-state index in [2.05, 4.69) is 12.1 Å². The smallest absolute Gasteiger partial charge is 0.238 e. The molecule has 4 aliphatic rings. The molecule has 6 heteroatoms. The van der Waals surface area contributed by atoms with Crippen molar-refractivity contribution in [2.75, 3.05) is 17.1 Å². The lowest BCUT2D eigenvalue weighted by Crippen LogP contribution is -2.48. The first-order valence-corrected chi connectivity index (χ1v) is 11.0. The fraction of sp³-hybridized carbons (Fsp3) is 0.632. The molecular weight excluding hydrogens is 336 g/mol. The van der Waals surface area contributed by atoms with E-state index in [1.165, 1.54) is 44.1 Å². The number of carbonyl (C=O) groups excluding carboxylic acids is 1. The van der Waals surface area contributed by atoms with E-state index in [9.17, 15) is 13.2 Å². The molecule has 0 aromatic heterocycles. The van der Waals surface area contributed by atoms with Gasteiger partial charge in [-0.2, -0.15) is 0 Å².